The van der Waals surface area contributed by atoms with Crippen LogP contribution < -0.4 is 10.5 Å². The molecule has 5 nitrogen and oxygen atoms in total. The highest BCUT2D eigenvalue weighted by molar-refractivity contribution is 5.74. The lowest BCUT2D eigenvalue weighted by molar-refractivity contribution is 0.277. The van der Waals surface area contributed by atoms with E-state index < -0.39 is 0 Å². The van der Waals surface area contributed by atoms with Gasteiger partial charge in [-0.25, -0.2) is 0 Å². The summed E-state index contributed by atoms with van der Waals surface area (Å²) in [4.78, 5) is 4.34. The molecule has 0 amide bonds. The maximum Gasteiger partial charge on any atom is 0.188 e. The molecule has 1 aromatic carbocycles. The average Bonchev–Trinajstić information content (AvgIpc) is 2.65. The molecule has 2 rings (SSSR count). The monoisotopic (exact) mass is 262 g/mol. The molecule has 0 saturated carbocycles. The van der Waals surface area contributed by atoms with Crippen molar-refractivity contribution in [1.29, 1.82) is 5.41 Å². The first-order valence-electron chi connectivity index (χ1n) is 6.63. The lowest BCUT2D eigenvalue weighted by atomic mass is 10.2. The topological polar surface area (TPSA) is 65.6 Å². The molecule has 0 radical (unpaired) electrons. The van der Waals surface area contributed by atoms with Crippen LogP contribution in [0.1, 0.15) is 12.0 Å². The lowest BCUT2D eigenvalue weighted by Crippen LogP contribution is -2.39. The Labute approximate surface area is 114 Å². The molecule has 104 valence electrons. The minimum Gasteiger partial charge on any atom is -0.497 e. The van der Waals surface area contributed by atoms with Crippen molar-refractivity contribution in [1.82, 2.24) is 9.80 Å². The predicted octanol–water partition coefficient (Wildman–Crippen LogP) is 1.10. The van der Waals surface area contributed by atoms with Crippen LogP contribution in [0.2, 0.25) is 0 Å². The Bertz CT molecular complexity index is 435. The van der Waals surface area contributed by atoms with Gasteiger partial charge in [0, 0.05) is 32.7 Å². The van der Waals surface area contributed by atoms with Crippen molar-refractivity contribution in [3.8, 4) is 5.75 Å². The van der Waals surface area contributed by atoms with Crippen molar-refractivity contribution in [3.63, 3.8) is 0 Å². The van der Waals surface area contributed by atoms with E-state index in [-0.39, 0.29) is 5.96 Å². The fourth-order valence-corrected chi connectivity index (χ4v) is 2.40. The van der Waals surface area contributed by atoms with Crippen LogP contribution in [0, 0.1) is 5.41 Å². The van der Waals surface area contributed by atoms with Crippen molar-refractivity contribution in [3.05, 3.63) is 29.8 Å². The van der Waals surface area contributed by atoms with Crippen molar-refractivity contribution < 1.29 is 4.74 Å². The molecule has 3 N–H and O–H groups in total. The molecule has 0 atom stereocenters. The van der Waals surface area contributed by atoms with E-state index in [0.29, 0.717) is 0 Å². The standard InChI is InChI=1S/C14H22N4O/c1-19-13-5-2-4-12(10-13)11-17-6-3-7-18(9-8-17)14(15)16/h2,4-5,10H,3,6-9,11H2,1H3,(H3,15,16). The Kier molecular flexibility index (Phi) is 4.63. The van der Waals surface area contributed by atoms with Crippen LogP contribution in [0.25, 0.3) is 0 Å². The van der Waals surface area contributed by atoms with Crippen molar-refractivity contribution in [2.24, 2.45) is 5.73 Å². The third-order valence-electron chi connectivity index (χ3n) is 3.47. The molecule has 0 aliphatic carbocycles. The quantitative estimate of drug-likeness (QED) is 0.632. The fourth-order valence-electron chi connectivity index (χ4n) is 2.40. The summed E-state index contributed by atoms with van der Waals surface area (Å²) < 4.78 is 5.25. The molecule has 1 heterocycles. The fraction of sp³-hybridized carbons (Fsp3) is 0.500. The summed E-state index contributed by atoms with van der Waals surface area (Å²) in [5.41, 5.74) is 6.81. The van der Waals surface area contributed by atoms with Crippen molar-refractivity contribution in [2.45, 2.75) is 13.0 Å². The zero-order chi connectivity index (χ0) is 13.7. The number of nitrogens with zero attached hydrogens (tertiary/aromatic N) is 2. The molecule has 0 spiro atoms. The zero-order valence-corrected chi connectivity index (χ0v) is 11.4. The van der Waals surface area contributed by atoms with Crippen LogP contribution in [0.15, 0.2) is 24.3 Å². The van der Waals surface area contributed by atoms with Gasteiger partial charge in [-0.3, -0.25) is 10.3 Å². The van der Waals surface area contributed by atoms with Crippen LogP contribution in [0.4, 0.5) is 0 Å². The average molecular weight is 262 g/mol. The number of hydrogen-bond donors (Lipinski definition) is 2. The zero-order valence-electron chi connectivity index (χ0n) is 11.4. The Morgan fingerprint density at radius 1 is 1.32 bits per heavy atom. The second-order valence-corrected chi connectivity index (χ2v) is 4.85. The molecule has 0 unspecified atom stereocenters. The number of rotatable bonds is 3. The Hall–Kier alpha value is -1.75. The van der Waals surface area contributed by atoms with E-state index in [1.165, 1.54) is 5.56 Å². The Morgan fingerprint density at radius 3 is 2.89 bits per heavy atom. The second-order valence-electron chi connectivity index (χ2n) is 4.85. The van der Waals surface area contributed by atoms with Crippen molar-refractivity contribution >= 4 is 5.96 Å². The van der Waals surface area contributed by atoms with E-state index in [0.717, 1.165) is 44.9 Å². The normalized spacial score (nSPS) is 17.0. The Balaban J connectivity index is 1.93. The lowest BCUT2D eigenvalue weighted by Gasteiger charge is -2.22. The summed E-state index contributed by atoms with van der Waals surface area (Å²) in [6.07, 6.45) is 1.05. The molecule has 1 saturated heterocycles. The minimum atomic E-state index is 0.184. The smallest absolute Gasteiger partial charge is 0.188 e. The summed E-state index contributed by atoms with van der Waals surface area (Å²) in [7, 11) is 1.69. The Morgan fingerprint density at radius 2 is 2.16 bits per heavy atom. The molecule has 0 aromatic heterocycles. The van der Waals surface area contributed by atoms with Gasteiger partial charge >= 0.3 is 0 Å². The molecule has 5 heteroatoms. The third kappa shape index (κ3) is 3.86. The summed E-state index contributed by atoms with van der Waals surface area (Å²) in [6.45, 7) is 4.62. The maximum absolute atomic E-state index is 7.49. The molecule has 1 aliphatic rings. The summed E-state index contributed by atoms with van der Waals surface area (Å²) in [5, 5.41) is 7.49. The summed E-state index contributed by atoms with van der Waals surface area (Å²) in [5.74, 6) is 1.08. The van der Waals surface area contributed by atoms with Gasteiger partial charge in [0.1, 0.15) is 5.75 Å². The van der Waals surface area contributed by atoms with Gasteiger partial charge in [-0.15, -0.1) is 0 Å². The number of methoxy groups -OCH3 is 1. The number of hydrogen-bond acceptors (Lipinski definition) is 3. The van der Waals surface area contributed by atoms with E-state index >= 15 is 0 Å². The highest BCUT2D eigenvalue weighted by Crippen LogP contribution is 2.15. The number of ether oxygens (including phenoxy) is 1. The van der Waals surface area contributed by atoms with E-state index in [1.807, 2.05) is 17.0 Å². The van der Waals surface area contributed by atoms with Gasteiger partial charge in [0.2, 0.25) is 0 Å². The van der Waals surface area contributed by atoms with Crippen LogP contribution in [-0.2, 0) is 6.54 Å². The van der Waals surface area contributed by atoms with Gasteiger partial charge in [0.25, 0.3) is 0 Å². The van der Waals surface area contributed by atoms with E-state index in [1.54, 1.807) is 7.11 Å². The molecule has 1 fully saturated rings. The summed E-state index contributed by atoms with van der Waals surface area (Å²) in [6, 6.07) is 8.18. The maximum atomic E-state index is 7.49. The first-order valence-corrected chi connectivity index (χ1v) is 6.63. The molecule has 1 aliphatic heterocycles. The second kappa shape index (κ2) is 6.43. The molecule has 19 heavy (non-hydrogen) atoms. The molecular weight excluding hydrogens is 240 g/mol. The highest BCUT2D eigenvalue weighted by atomic mass is 16.5. The molecular formula is C14H22N4O. The van der Waals surface area contributed by atoms with Gasteiger partial charge in [0.15, 0.2) is 5.96 Å². The van der Waals surface area contributed by atoms with Gasteiger partial charge in [-0.1, -0.05) is 12.1 Å². The third-order valence-corrected chi connectivity index (χ3v) is 3.47. The molecule has 1 aromatic rings. The van der Waals surface area contributed by atoms with Crippen LogP contribution in [0.3, 0.4) is 0 Å². The van der Waals surface area contributed by atoms with E-state index in [4.69, 9.17) is 15.9 Å². The minimum absolute atomic E-state index is 0.184. The number of nitrogens with one attached hydrogen (secondary N) is 1. The molecule has 0 bridgehead atoms. The number of guanidine groups is 1. The van der Waals surface area contributed by atoms with Crippen LogP contribution in [-0.4, -0.2) is 49.0 Å². The van der Waals surface area contributed by atoms with E-state index in [9.17, 15) is 0 Å². The van der Waals surface area contributed by atoms with Gasteiger partial charge in [-0.05, 0) is 24.1 Å². The number of benzene rings is 1. The SMILES string of the molecule is COc1cccc(CN2CCCN(C(=N)N)CC2)c1. The highest BCUT2D eigenvalue weighted by Gasteiger charge is 2.15. The predicted molar refractivity (Wildman–Crippen MR) is 76.4 cm³/mol. The largest absolute Gasteiger partial charge is 0.497 e. The van der Waals surface area contributed by atoms with Gasteiger partial charge in [0.05, 0.1) is 7.11 Å². The number of nitrogens with two attached hydrogens (primary N) is 1. The van der Waals surface area contributed by atoms with Crippen LogP contribution in [0.5, 0.6) is 5.75 Å². The van der Waals surface area contributed by atoms with Crippen molar-refractivity contribution in [2.75, 3.05) is 33.3 Å². The first kappa shape index (κ1) is 13.7. The van der Waals surface area contributed by atoms with E-state index in [2.05, 4.69) is 17.0 Å². The van der Waals surface area contributed by atoms with Gasteiger partial charge < -0.3 is 15.4 Å². The summed E-state index contributed by atoms with van der Waals surface area (Å²) >= 11 is 0. The van der Waals surface area contributed by atoms with Crippen LogP contribution >= 0.6 is 0 Å². The van der Waals surface area contributed by atoms with Gasteiger partial charge in [-0.2, -0.15) is 0 Å². The first-order chi connectivity index (χ1) is 9.19.